The molecule has 1 aliphatic rings. The Morgan fingerprint density at radius 3 is 2.71 bits per heavy atom. The summed E-state index contributed by atoms with van der Waals surface area (Å²) in [4.78, 5) is 11.4. The van der Waals surface area contributed by atoms with Crippen LogP contribution in [0, 0.1) is 6.92 Å². The third-order valence-electron chi connectivity index (χ3n) is 3.53. The van der Waals surface area contributed by atoms with Gasteiger partial charge in [-0.25, -0.2) is 0 Å². The molecule has 0 unspecified atom stereocenters. The van der Waals surface area contributed by atoms with E-state index in [1.807, 2.05) is 0 Å². The smallest absolute Gasteiger partial charge is 0.322 e. The van der Waals surface area contributed by atoms with Crippen LogP contribution in [0.2, 0.25) is 0 Å². The van der Waals surface area contributed by atoms with Crippen molar-refractivity contribution < 1.29 is 9.53 Å². The van der Waals surface area contributed by atoms with Gasteiger partial charge in [0, 0.05) is 6.54 Å². The lowest BCUT2D eigenvalue weighted by Crippen LogP contribution is -2.43. The Bertz CT molecular complexity index is 395. The molecule has 0 saturated carbocycles. The Morgan fingerprint density at radius 2 is 2.12 bits per heavy atom. The van der Waals surface area contributed by atoms with Crippen molar-refractivity contribution in [2.24, 2.45) is 0 Å². The van der Waals surface area contributed by atoms with E-state index < -0.39 is 0 Å². The monoisotopic (exact) mass is 233 g/mol. The van der Waals surface area contributed by atoms with Crippen molar-refractivity contribution in [3.05, 3.63) is 35.4 Å². The van der Waals surface area contributed by atoms with Crippen molar-refractivity contribution in [2.45, 2.75) is 31.7 Å². The standard InChI is InChI=1S/C14H19NO2/c1-10-5-3-4-6-12(10)11-7-8-13(15-9-11)14(16)17-2/h3-6,11,13,15H,7-9H2,1-2H3/t11-,13-/m0/s1. The number of carbonyl (C=O) groups is 1. The molecule has 0 aromatic heterocycles. The van der Waals surface area contributed by atoms with Crippen LogP contribution in [0.25, 0.3) is 0 Å². The fourth-order valence-electron chi connectivity index (χ4n) is 2.51. The summed E-state index contributed by atoms with van der Waals surface area (Å²) < 4.78 is 4.75. The van der Waals surface area contributed by atoms with Crippen LogP contribution >= 0.6 is 0 Å². The van der Waals surface area contributed by atoms with Crippen molar-refractivity contribution in [1.29, 1.82) is 0 Å². The number of hydrogen-bond acceptors (Lipinski definition) is 3. The van der Waals surface area contributed by atoms with E-state index in [0.29, 0.717) is 5.92 Å². The van der Waals surface area contributed by atoms with Crippen LogP contribution in [0.1, 0.15) is 29.9 Å². The lowest BCUT2D eigenvalue weighted by molar-refractivity contribution is -0.143. The maximum atomic E-state index is 11.4. The molecule has 1 aliphatic heterocycles. The van der Waals surface area contributed by atoms with Crippen molar-refractivity contribution >= 4 is 5.97 Å². The second-order valence-electron chi connectivity index (χ2n) is 4.61. The summed E-state index contributed by atoms with van der Waals surface area (Å²) in [6.07, 6.45) is 1.89. The number of methoxy groups -OCH3 is 1. The predicted molar refractivity (Wildman–Crippen MR) is 67.0 cm³/mol. The summed E-state index contributed by atoms with van der Waals surface area (Å²) in [5, 5.41) is 3.27. The molecule has 2 rings (SSSR count). The normalized spacial score (nSPS) is 24.4. The highest BCUT2D eigenvalue weighted by molar-refractivity contribution is 5.75. The van der Waals surface area contributed by atoms with E-state index >= 15 is 0 Å². The number of piperidine rings is 1. The first-order valence-electron chi connectivity index (χ1n) is 6.09. The van der Waals surface area contributed by atoms with Crippen molar-refractivity contribution in [1.82, 2.24) is 5.32 Å². The average Bonchev–Trinajstić information content (AvgIpc) is 2.39. The van der Waals surface area contributed by atoms with Gasteiger partial charge in [0.05, 0.1) is 7.11 Å². The van der Waals surface area contributed by atoms with Gasteiger partial charge in [0.15, 0.2) is 0 Å². The third kappa shape index (κ3) is 2.67. The fraction of sp³-hybridized carbons (Fsp3) is 0.500. The van der Waals surface area contributed by atoms with Gasteiger partial charge in [-0.15, -0.1) is 0 Å². The molecule has 1 fully saturated rings. The van der Waals surface area contributed by atoms with Crippen molar-refractivity contribution in [3.63, 3.8) is 0 Å². The highest BCUT2D eigenvalue weighted by atomic mass is 16.5. The van der Waals surface area contributed by atoms with Crippen molar-refractivity contribution in [2.75, 3.05) is 13.7 Å². The molecule has 0 aliphatic carbocycles. The van der Waals surface area contributed by atoms with Crippen molar-refractivity contribution in [3.8, 4) is 0 Å². The summed E-state index contributed by atoms with van der Waals surface area (Å²) >= 11 is 0. The number of hydrogen-bond donors (Lipinski definition) is 1. The lowest BCUT2D eigenvalue weighted by Gasteiger charge is -2.29. The zero-order valence-corrected chi connectivity index (χ0v) is 10.4. The summed E-state index contributed by atoms with van der Waals surface area (Å²) in [5.74, 6) is 0.366. The van der Waals surface area contributed by atoms with Gasteiger partial charge in [-0.1, -0.05) is 24.3 Å². The van der Waals surface area contributed by atoms with Crippen LogP contribution in [0.5, 0.6) is 0 Å². The number of ether oxygens (including phenoxy) is 1. The number of aryl methyl sites for hydroxylation is 1. The molecule has 0 radical (unpaired) electrons. The van der Waals surface area contributed by atoms with Crippen LogP contribution < -0.4 is 5.32 Å². The Labute approximate surface area is 102 Å². The van der Waals surface area contributed by atoms with E-state index in [4.69, 9.17) is 4.74 Å². The second-order valence-corrected chi connectivity index (χ2v) is 4.61. The van der Waals surface area contributed by atoms with Gasteiger partial charge in [-0.3, -0.25) is 4.79 Å². The van der Waals surface area contributed by atoms with Crippen LogP contribution in [0.4, 0.5) is 0 Å². The molecule has 0 spiro atoms. The molecule has 2 atom stereocenters. The maximum absolute atomic E-state index is 11.4. The first-order chi connectivity index (χ1) is 8.22. The van der Waals surface area contributed by atoms with Crippen LogP contribution in [0.3, 0.4) is 0 Å². The first kappa shape index (κ1) is 12.1. The molecule has 1 aromatic carbocycles. The zero-order valence-electron chi connectivity index (χ0n) is 10.4. The third-order valence-corrected chi connectivity index (χ3v) is 3.53. The van der Waals surface area contributed by atoms with E-state index in [2.05, 4.69) is 36.5 Å². The minimum atomic E-state index is -0.145. The van der Waals surface area contributed by atoms with E-state index in [0.717, 1.165) is 19.4 Å². The Kier molecular flexibility index (Phi) is 3.79. The van der Waals surface area contributed by atoms with Gasteiger partial charge in [-0.2, -0.15) is 0 Å². The molecule has 92 valence electrons. The molecular weight excluding hydrogens is 214 g/mol. The summed E-state index contributed by atoms with van der Waals surface area (Å²) in [6.45, 7) is 2.99. The van der Waals surface area contributed by atoms with E-state index in [1.54, 1.807) is 0 Å². The number of rotatable bonds is 2. The molecule has 3 nitrogen and oxygen atoms in total. The van der Waals surface area contributed by atoms with E-state index in [9.17, 15) is 4.79 Å². The summed E-state index contributed by atoms with van der Waals surface area (Å²) in [5.41, 5.74) is 2.72. The molecule has 0 amide bonds. The first-order valence-corrected chi connectivity index (χ1v) is 6.09. The van der Waals surface area contributed by atoms with Gasteiger partial charge in [0.1, 0.15) is 6.04 Å². The maximum Gasteiger partial charge on any atom is 0.322 e. The number of esters is 1. The minimum absolute atomic E-state index is 0.125. The molecule has 1 saturated heterocycles. The molecule has 0 bridgehead atoms. The Hall–Kier alpha value is -1.35. The SMILES string of the molecule is COC(=O)[C@@H]1CC[C@H](c2ccccc2C)CN1. The Morgan fingerprint density at radius 1 is 1.35 bits per heavy atom. The molecule has 1 heterocycles. The largest absolute Gasteiger partial charge is 0.468 e. The molecule has 1 N–H and O–H groups in total. The zero-order chi connectivity index (χ0) is 12.3. The minimum Gasteiger partial charge on any atom is -0.468 e. The van der Waals surface area contributed by atoms with Gasteiger partial charge in [0.2, 0.25) is 0 Å². The Balaban J connectivity index is 2.00. The van der Waals surface area contributed by atoms with Gasteiger partial charge in [-0.05, 0) is 36.8 Å². The molecular formula is C14H19NO2. The average molecular weight is 233 g/mol. The van der Waals surface area contributed by atoms with E-state index in [1.165, 1.54) is 18.2 Å². The highest BCUT2D eigenvalue weighted by Gasteiger charge is 2.27. The number of nitrogens with one attached hydrogen (secondary N) is 1. The van der Waals surface area contributed by atoms with Crippen LogP contribution in [-0.2, 0) is 9.53 Å². The van der Waals surface area contributed by atoms with Crippen LogP contribution in [-0.4, -0.2) is 25.7 Å². The molecule has 17 heavy (non-hydrogen) atoms. The molecule has 1 aromatic rings. The topological polar surface area (TPSA) is 38.3 Å². The van der Waals surface area contributed by atoms with Gasteiger partial charge < -0.3 is 10.1 Å². The van der Waals surface area contributed by atoms with Crippen LogP contribution in [0.15, 0.2) is 24.3 Å². The summed E-state index contributed by atoms with van der Waals surface area (Å²) in [7, 11) is 1.44. The fourth-order valence-corrected chi connectivity index (χ4v) is 2.51. The number of carbonyl (C=O) groups excluding carboxylic acids is 1. The predicted octanol–water partition coefficient (Wildman–Crippen LogP) is 2.00. The number of benzene rings is 1. The quantitative estimate of drug-likeness (QED) is 0.794. The van der Waals surface area contributed by atoms with Gasteiger partial charge in [0.25, 0.3) is 0 Å². The second kappa shape index (κ2) is 5.32. The highest BCUT2D eigenvalue weighted by Crippen LogP contribution is 2.27. The lowest BCUT2D eigenvalue weighted by atomic mass is 9.86. The van der Waals surface area contributed by atoms with Gasteiger partial charge >= 0.3 is 5.97 Å². The molecule has 3 heteroatoms. The van der Waals surface area contributed by atoms with E-state index in [-0.39, 0.29) is 12.0 Å². The summed E-state index contributed by atoms with van der Waals surface area (Å²) in [6, 6.07) is 8.34.